The molecule has 2 rings (SSSR count). The third-order valence-corrected chi connectivity index (χ3v) is 5.04. The number of likely N-dealkylation sites (N-methyl/N-ethyl adjacent to an activating group) is 1. The summed E-state index contributed by atoms with van der Waals surface area (Å²) in [6, 6.07) is 13.6. The molecule has 20 heavy (non-hydrogen) atoms. The SMILES string of the molecule is CSc1ccc(CNCC(c2cccs2)N(C)C)cc1. The van der Waals surface area contributed by atoms with E-state index in [0.717, 1.165) is 13.1 Å². The lowest BCUT2D eigenvalue weighted by atomic mass is 10.2. The van der Waals surface area contributed by atoms with Crippen LogP contribution in [0.2, 0.25) is 0 Å². The molecule has 2 aromatic rings. The van der Waals surface area contributed by atoms with Gasteiger partial charge >= 0.3 is 0 Å². The molecule has 0 aliphatic heterocycles. The van der Waals surface area contributed by atoms with Crippen LogP contribution in [0.25, 0.3) is 0 Å². The lowest BCUT2D eigenvalue weighted by Gasteiger charge is -2.23. The number of hydrogen-bond donors (Lipinski definition) is 1. The van der Waals surface area contributed by atoms with Crippen LogP contribution in [0.3, 0.4) is 0 Å². The van der Waals surface area contributed by atoms with Crippen molar-refractivity contribution in [3.8, 4) is 0 Å². The van der Waals surface area contributed by atoms with Crippen LogP contribution in [-0.4, -0.2) is 31.8 Å². The van der Waals surface area contributed by atoms with Crippen LogP contribution in [-0.2, 0) is 6.54 Å². The molecule has 0 aliphatic rings. The molecule has 1 atom stereocenters. The van der Waals surface area contributed by atoms with Crippen molar-refractivity contribution >= 4 is 23.1 Å². The van der Waals surface area contributed by atoms with Gasteiger partial charge in [0.2, 0.25) is 0 Å². The Kier molecular flexibility index (Phi) is 6.10. The van der Waals surface area contributed by atoms with E-state index in [-0.39, 0.29) is 0 Å². The highest BCUT2D eigenvalue weighted by Crippen LogP contribution is 2.22. The summed E-state index contributed by atoms with van der Waals surface area (Å²) in [4.78, 5) is 5.01. The van der Waals surface area contributed by atoms with E-state index in [0.29, 0.717) is 6.04 Å². The minimum Gasteiger partial charge on any atom is -0.311 e. The van der Waals surface area contributed by atoms with Gasteiger partial charge in [-0.25, -0.2) is 0 Å². The molecule has 4 heteroatoms. The molecule has 1 aromatic carbocycles. The van der Waals surface area contributed by atoms with Gasteiger partial charge in [0.25, 0.3) is 0 Å². The number of hydrogen-bond acceptors (Lipinski definition) is 4. The number of nitrogens with one attached hydrogen (secondary N) is 1. The average Bonchev–Trinajstić information content (AvgIpc) is 2.97. The van der Waals surface area contributed by atoms with Gasteiger partial charge in [-0.05, 0) is 49.5 Å². The maximum Gasteiger partial charge on any atom is 0.0561 e. The highest BCUT2D eigenvalue weighted by Gasteiger charge is 2.14. The maximum atomic E-state index is 3.57. The van der Waals surface area contributed by atoms with E-state index < -0.39 is 0 Å². The molecule has 1 unspecified atom stereocenters. The van der Waals surface area contributed by atoms with Crippen molar-refractivity contribution in [1.29, 1.82) is 0 Å². The molecular formula is C16H22N2S2. The van der Waals surface area contributed by atoms with E-state index in [1.165, 1.54) is 15.3 Å². The Morgan fingerprint density at radius 3 is 2.50 bits per heavy atom. The first-order chi connectivity index (χ1) is 9.70. The van der Waals surface area contributed by atoms with Gasteiger partial charge < -0.3 is 10.2 Å². The number of nitrogens with zero attached hydrogens (tertiary/aromatic N) is 1. The quantitative estimate of drug-likeness (QED) is 0.782. The van der Waals surface area contributed by atoms with Crippen molar-refractivity contribution in [2.75, 3.05) is 26.9 Å². The number of thiophene rings is 1. The lowest BCUT2D eigenvalue weighted by molar-refractivity contribution is 0.292. The zero-order valence-corrected chi connectivity index (χ0v) is 13.9. The summed E-state index contributed by atoms with van der Waals surface area (Å²) in [7, 11) is 4.28. The smallest absolute Gasteiger partial charge is 0.0561 e. The molecule has 0 spiro atoms. The van der Waals surface area contributed by atoms with Crippen LogP contribution in [0.4, 0.5) is 0 Å². The second-order valence-corrected chi connectivity index (χ2v) is 6.83. The van der Waals surface area contributed by atoms with Crippen LogP contribution < -0.4 is 5.32 Å². The van der Waals surface area contributed by atoms with Crippen LogP contribution in [0, 0.1) is 0 Å². The normalized spacial score (nSPS) is 12.8. The van der Waals surface area contributed by atoms with Crippen molar-refractivity contribution in [2.45, 2.75) is 17.5 Å². The Hall–Kier alpha value is -0.810. The van der Waals surface area contributed by atoms with Gasteiger partial charge in [0, 0.05) is 22.9 Å². The van der Waals surface area contributed by atoms with Crippen LogP contribution in [0.1, 0.15) is 16.5 Å². The van der Waals surface area contributed by atoms with Gasteiger partial charge in [0.1, 0.15) is 0 Å². The fourth-order valence-corrected chi connectivity index (χ4v) is 3.45. The summed E-state index contributed by atoms with van der Waals surface area (Å²) in [5.41, 5.74) is 1.34. The van der Waals surface area contributed by atoms with E-state index >= 15 is 0 Å². The lowest BCUT2D eigenvalue weighted by Crippen LogP contribution is -2.30. The summed E-state index contributed by atoms with van der Waals surface area (Å²) >= 11 is 3.61. The van der Waals surface area contributed by atoms with E-state index in [9.17, 15) is 0 Å². The van der Waals surface area contributed by atoms with Gasteiger partial charge in [0.15, 0.2) is 0 Å². The monoisotopic (exact) mass is 306 g/mol. The largest absolute Gasteiger partial charge is 0.311 e. The van der Waals surface area contributed by atoms with E-state index in [1.807, 2.05) is 11.3 Å². The molecule has 108 valence electrons. The molecule has 0 aliphatic carbocycles. The molecule has 0 fully saturated rings. The minimum atomic E-state index is 0.445. The molecule has 0 saturated heterocycles. The number of thioether (sulfide) groups is 1. The van der Waals surface area contributed by atoms with Crippen molar-refractivity contribution < 1.29 is 0 Å². The fourth-order valence-electron chi connectivity index (χ4n) is 2.12. The number of benzene rings is 1. The molecule has 0 amide bonds. The second-order valence-electron chi connectivity index (χ2n) is 4.97. The second kappa shape index (κ2) is 7.84. The van der Waals surface area contributed by atoms with E-state index in [1.54, 1.807) is 11.8 Å². The third-order valence-electron chi connectivity index (χ3n) is 3.32. The molecule has 1 N–H and O–H groups in total. The van der Waals surface area contributed by atoms with Crippen LogP contribution in [0.5, 0.6) is 0 Å². The van der Waals surface area contributed by atoms with Gasteiger partial charge in [-0.3, -0.25) is 0 Å². The molecule has 1 aromatic heterocycles. The molecule has 2 nitrogen and oxygen atoms in total. The zero-order chi connectivity index (χ0) is 14.4. The minimum absolute atomic E-state index is 0.445. The summed E-state index contributed by atoms with van der Waals surface area (Å²) in [6.07, 6.45) is 2.11. The molecular weight excluding hydrogens is 284 g/mol. The van der Waals surface area contributed by atoms with Crippen molar-refractivity contribution in [3.63, 3.8) is 0 Å². The van der Waals surface area contributed by atoms with Gasteiger partial charge in [-0.2, -0.15) is 0 Å². The summed E-state index contributed by atoms with van der Waals surface area (Å²) < 4.78 is 0. The van der Waals surface area contributed by atoms with Gasteiger partial charge in [-0.1, -0.05) is 18.2 Å². The van der Waals surface area contributed by atoms with E-state index in [4.69, 9.17) is 0 Å². The summed E-state index contributed by atoms with van der Waals surface area (Å²) in [6.45, 7) is 1.89. The van der Waals surface area contributed by atoms with Crippen molar-refractivity contribution in [1.82, 2.24) is 10.2 Å². The number of rotatable bonds is 7. The molecule has 0 bridgehead atoms. The Morgan fingerprint density at radius 2 is 1.95 bits per heavy atom. The topological polar surface area (TPSA) is 15.3 Å². The Morgan fingerprint density at radius 1 is 1.20 bits per heavy atom. The maximum absolute atomic E-state index is 3.57. The molecule has 0 saturated carbocycles. The first kappa shape index (κ1) is 15.6. The molecule has 0 radical (unpaired) electrons. The van der Waals surface area contributed by atoms with E-state index in [2.05, 4.69) is 72.3 Å². The first-order valence-electron chi connectivity index (χ1n) is 6.74. The highest BCUT2D eigenvalue weighted by molar-refractivity contribution is 7.98. The zero-order valence-electron chi connectivity index (χ0n) is 12.3. The standard InChI is InChI=1S/C16H22N2S2/c1-18(2)15(16-5-4-10-20-16)12-17-11-13-6-8-14(19-3)9-7-13/h4-10,15,17H,11-12H2,1-3H3. The predicted molar refractivity (Wildman–Crippen MR) is 90.7 cm³/mol. The van der Waals surface area contributed by atoms with Gasteiger partial charge in [0.05, 0.1) is 6.04 Å². The molecule has 1 heterocycles. The fraction of sp³-hybridized carbons (Fsp3) is 0.375. The van der Waals surface area contributed by atoms with Crippen molar-refractivity contribution in [3.05, 3.63) is 52.2 Å². The summed E-state index contributed by atoms with van der Waals surface area (Å²) in [5, 5.41) is 5.71. The Balaban J connectivity index is 1.87. The Labute approximate surface area is 130 Å². The Bertz CT molecular complexity index is 492. The van der Waals surface area contributed by atoms with Crippen molar-refractivity contribution in [2.24, 2.45) is 0 Å². The van der Waals surface area contributed by atoms with Crippen LogP contribution >= 0.6 is 23.1 Å². The third kappa shape index (κ3) is 4.35. The average molecular weight is 307 g/mol. The summed E-state index contributed by atoms with van der Waals surface area (Å²) in [5.74, 6) is 0. The predicted octanol–water partition coefficient (Wildman–Crippen LogP) is 3.86. The highest BCUT2D eigenvalue weighted by atomic mass is 32.2. The van der Waals surface area contributed by atoms with Crippen LogP contribution in [0.15, 0.2) is 46.7 Å². The van der Waals surface area contributed by atoms with Gasteiger partial charge in [-0.15, -0.1) is 23.1 Å². The first-order valence-corrected chi connectivity index (χ1v) is 8.84.